The highest BCUT2D eigenvalue weighted by Crippen LogP contribution is 2.26. The van der Waals surface area contributed by atoms with Crippen LogP contribution in [-0.4, -0.2) is 47.9 Å². The molecule has 0 atom stereocenters. The summed E-state index contributed by atoms with van der Waals surface area (Å²) >= 11 is 6.44. The van der Waals surface area contributed by atoms with E-state index in [1.54, 1.807) is 30.3 Å². The zero-order valence-electron chi connectivity index (χ0n) is 18.2. The molecule has 1 N–H and O–H groups in total. The summed E-state index contributed by atoms with van der Waals surface area (Å²) in [7, 11) is 1.27. The van der Waals surface area contributed by atoms with Gasteiger partial charge in [0.1, 0.15) is 5.02 Å². The Balaban J connectivity index is 1.49. The maximum Gasteiger partial charge on any atom is 0.340 e. The van der Waals surface area contributed by atoms with Crippen LogP contribution in [-0.2, 0) is 4.74 Å². The topological polar surface area (TPSA) is 107 Å². The minimum Gasteiger partial charge on any atom is -0.465 e. The minimum absolute atomic E-state index is 0.0124. The number of esters is 1. The highest BCUT2D eigenvalue weighted by atomic mass is 35.5. The van der Waals surface area contributed by atoms with Crippen molar-refractivity contribution in [2.75, 3.05) is 25.1 Å². The Kier molecular flexibility index (Phi) is 6.50. The first-order valence-electron chi connectivity index (χ1n) is 10.5. The Morgan fingerprint density at radius 3 is 2.58 bits per heavy atom. The monoisotopic (exact) mass is 470 g/mol. The molecule has 172 valence electrons. The molecule has 10 heteroatoms. The Bertz CT molecular complexity index is 1240. The van der Waals surface area contributed by atoms with Gasteiger partial charge in [-0.15, -0.1) is 0 Å². The first-order chi connectivity index (χ1) is 15.9. The van der Waals surface area contributed by atoms with Crippen LogP contribution in [0.3, 0.4) is 0 Å². The number of carbonyl (C=O) groups is 2. The molecule has 4 rings (SSSR count). The van der Waals surface area contributed by atoms with Crippen LogP contribution >= 0.6 is 11.6 Å². The van der Waals surface area contributed by atoms with Gasteiger partial charge in [0, 0.05) is 24.7 Å². The number of amides is 1. The second kappa shape index (κ2) is 9.50. The van der Waals surface area contributed by atoms with E-state index in [2.05, 4.69) is 10.4 Å². The van der Waals surface area contributed by atoms with Crippen molar-refractivity contribution in [1.29, 1.82) is 0 Å². The number of para-hydroxylation sites is 1. The number of carbonyl (C=O) groups excluding carboxylic acids is 2. The number of rotatable bonds is 5. The van der Waals surface area contributed by atoms with E-state index in [1.165, 1.54) is 19.6 Å². The fraction of sp³-hybridized carbons (Fsp3) is 0.304. The number of nitrogens with one attached hydrogen (secondary N) is 1. The summed E-state index contributed by atoms with van der Waals surface area (Å²) < 4.78 is 11.1. The van der Waals surface area contributed by atoms with E-state index < -0.39 is 11.5 Å². The van der Waals surface area contributed by atoms with E-state index in [9.17, 15) is 14.4 Å². The summed E-state index contributed by atoms with van der Waals surface area (Å²) in [5.41, 5.74) is 1.27. The number of benzene rings is 1. The van der Waals surface area contributed by atoms with Crippen molar-refractivity contribution in [2.24, 2.45) is 0 Å². The third-order valence-electron chi connectivity index (χ3n) is 5.68. The number of nitrogens with zero attached hydrogens (tertiary/aromatic N) is 3. The van der Waals surface area contributed by atoms with Gasteiger partial charge < -0.3 is 19.4 Å². The molecule has 3 heterocycles. The summed E-state index contributed by atoms with van der Waals surface area (Å²) in [5.74, 6) is -0.489. The Hall–Kier alpha value is -3.59. The van der Waals surface area contributed by atoms with Gasteiger partial charge in [-0.1, -0.05) is 23.7 Å². The van der Waals surface area contributed by atoms with Gasteiger partial charge in [0.25, 0.3) is 11.5 Å². The van der Waals surface area contributed by atoms with E-state index in [0.717, 1.165) is 10.2 Å². The third-order valence-corrected chi connectivity index (χ3v) is 6.03. The molecule has 1 aliphatic heterocycles. The van der Waals surface area contributed by atoms with Gasteiger partial charge >= 0.3 is 5.97 Å². The summed E-state index contributed by atoms with van der Waals surface area (Å²) in [6, 6.07) is 8.26. The van der Waals surface area contributed by atoms with E-state index >= 15 is 0 Å². The molecule has 0 aliphatic carbocycles. The number of furan rings is 1. The zero-order valence-corrected chi connectivity index (χ0v) is 19.0. The average Bonchev–Trinajstić information content (AvgIpc) is 3.27. The number of methoxy groups -OCH3 is 1. The number of anilines is 1. The predicted molar refractivity (Wildman–Crippen MR) is 122 cm³/mol. The third kappa shape index (κ3) is 4.49. The molecule has 9 nitrogen and oxygen atoms in total. The average molecular weight is 471 g/mol. The number of halogens is 1. The summed E-state index contributed by atoms with van der Waals surface area (Å²) in [6.45, 7) is 3.00. The van der Waals surface area contributed by atoms with Crippen LogP contribution in [0.4, 0.5) is 5.69 Å². The first-order valence-corrected chi connectivity index (χ1v) is 10.8. The highest BCUT2D eigenvalue weighted by molar-refractivity contribution is 6.33. The van der Waals surface area contributed by atoms with Crippen LogP contribution in [0.15, 0.2) is 52.0 Å². The van der Waals surface area contributed by atoms with Crippen LogP contribution in [0.25, 0.3) is 5.69 Å². The molecule has 0 unspecified atom stereocenters. The predicted octanol–water partition coefficient (Wildman–Crippen LogP) is 2.97. The van der Waals surface area contributed by atoms with Gasteiger partial charge in [-0.05, 0) is 38.0 Å². The fourth-order valence-corrected chi connectivity index (χ4v) is 4.13. The van der Waals surface area contributed by atoms with Crippen molar-refractivity contribution < 1.29 is 18.7 Å². The first kappa shape index (κ1) is 22.6. The largest absolute Gasteiger partial charge is 0.465 e. The fourth-order valence-electron chi connectivity index (χ4n) is 3.88. The Morgan fingerprint density at radius 2 is 1.91 bits per heavy atom. The molecular formula is C23H23ClN4O5. The molecule has 0 spiro atoms. The summed E-state index contributed by atoms with van der Waals surface area (Å²) in [6.07, 6.45) is 4.36. The molecule has 1 amide bonds. The lowest BCUT2D eigenvalue weighted by Gasteiger charge is -2.34. The number of hydrogen-bond donors (Lipinski definition) is 1. The van der Waals surface area contributed by atoms with Crippen molar-refractivity contribution in [3.63, 3.8) is 0 Å². The number of hydrogen-bond acceptors (Lipinski definition) is 7. The van der Waals surface area contributed by atoms with Gasteiger partial charge in [-0.3, -0.25) is 9.59 Å². The van der Waals surface area contributed by atoms with Crippen LogP contribution in [0.1, 0.15) is 39.3 Å². The summed E-state index contributed by atoms with van der Waals surface area (Å²) in [4.78, 5) is 39.4. The molecule has 3 aromatic rings. The van der Waals surface area contributed by atoms with Crippen LogP contribution in [0.2, 0.25) is 5.02 Å². The number of ether oxygens (including phenoxy) is 1. The van der Waals surface area contributed by atoms with Crippen molar-refractivity contribution in [1.82, 2.24) is 15.1 Å². The zero-order chi connectivity index (χ0) is 23.5. The van der Waals surface area contributed by atoms with E-state index in [-0.39, 0.29) is 28.2 Å². The molecule has 1 fully saturated rings. The molecule has 1 aliphatic rings. The lowest BCUT2D eigenvalue weighted by Crippen LogP contribution is -2.45. The SMILES string of the molecule is COC(=O)c1ccccc1-n1ncc(N2CCC(NC(=O)c3occc3C)CC2)c(Cl)c1=O. The number of aromatic nitrogens is 2. The maximum atomic E-state index is 13.0. The van der Waals surface area contributed by atoms with Gasteiger partial charge in [0.05, 0.1) is 36.5 Å². The van der Waals surface area contributed by atoms with Gasteiger partial charge in [-0.2, -0.15) is 9.78 Å². The molecule has 0 radical (unpaired) electrons. The lowest BCUT2D eigenvalue weighted by atomic mass is 10.0. The molecule has 1 aromatic carbocycles. The second-order valence-electron chi connectivity index (χ2n) is 7.74. The summed E-state index contributed by atoms with van der Waals surface area (Å²) in [5, 5.41) is 7.27. The molecule has 0 bridgehead atoms. The number of aryl methyl sites for hydroxylation is 1. The normalized spacial score (nSPS) is 14.2. The maximum absolute atomic E-state index is 13.0. The van der Waals surface area contributed by atoms with Crippen molar-refractivity contribution >= 4 is 29.2 Å². The van der Waals surface area contributed by atoms with Crippen LogP contribution in [0.5, 0.6) is 0 Å². The quantitative estimate of drug-likeness (QED) is 0.571. The second-order valence-corrected chi connectivity index (χ2v) is 8.11. The van der Waals surface area contributed by atoms with Gasteiger partial charge in [0.15, 0.2) is 5.76 Å². The van der Waals surface area contributed by atoms with Crippen molar-refractivity contribution in [2.45, 2.75) is 25.8 Å². The van der Waals surface area contributed by atoms with Crippen LogP contribution in [0, 0.1) is 6.92 Å². The molecule has 0 saturated carbocycles. The number of piperidine rings is 1. The van der Waals surface area contributed by atoms with E-state index in [1.807, 2.05) is 11.8 Å². The highest BCUT2D eigenvalue weighted by Gasteiger charge is 2.26. The minimum atomic E-state index is -0.576. The standard InChI is InChI=1S/C23H23ClN4O5/c1-14-9-12-33-20(14)21(29)26-15-7-10-27(11-8-15)18-13-25-28(22(30)19(18)24)17-6-4-3-5-16(17)23(31)32-2/h3-6,9,12-13,15H,7-8,10-11H2,1-2H3,(H,26,29). The van der Waals surface area contributed by atoms with E-state index in [0.29, 0.717) is 37.4 Å². The lowest BCUT2D eigenvalue weighted by molar-refractivity contribution is 0.0600. The van der Waals surface area contributed by atoms with Gasteiger partial charge in [0.2, 0.25) is 0 Å². The Labute approximate surface area is 194 Å². The molecule has 2 aromatic heterocycles. The molecule has 1 saturated heterocycles. The van der Waals surface area contributed by atoms with Gasteiger partial charge in [-0.25, -0.2) is 4.79 Å². The van der Waals surface area contributed by atoms with Crippen molar-refractivity contribution in [3.8, 4) is 5.69 Å². The van der Waals surface area contributed by atoms with Crippen LogP contribution < -0.4 is 15.8 Å². The Morgan fingerprint density at radius 1 is 1.18 bits per heavy atom. The van der Waals surface area contributed by atoms with E-state index in [4.69, 9.17) is 20.8 Å². The molecule has 33 heavy (non-hydrogen) atoms. The smallest absolute Gasteiger partial charge is 0.340 e. The molecular weight excluding hydrogens is 448 g/mol. The van der Waals surface area contributed by atoms with Crippen molar-refractivity contribution in [3.05, 3.63) is 75.1 Å².